The SMILES string of the molecule is COc1cc(C2(C#N)CC2)cc(OC)c1F. The minimum Gasteiger partial charge on any atom is -0.494 e. The van der Waals surface area contributed by atoms with Gasteiger partial charge in [-0.2, -0.15) is 9.65 Å². The Hall–Kier alpha value is -1.76. The first-order valence-electron chi connectivity index (χ1n) is 5.00. The normalized spacial score (nSPS) is 16.4. The van der Waals surface area contributed by atoms with Gasteiger partial charge in [0.1, 0.15) is 0 Å². The lowest BCUT2D eigenvalue weighted by Gasteiger charge is -2.12. The smallest absolute Gasteiger partial charge is 0.206 e. The van der Waals surface area contributed by atoms with Crippen LogP contribution in [-0.4, -0.2) is 14.2 Å². The Bertz CT molecular complexity index is 436. The highest BCUT2D eigenvalue weighted by molar-refractivity contribution is 5.48. The van der Waals surface area contributed by atoms with E-state index < -0.39 is 11.2 Å². The van der Waals surface area contributed by atoms with Crippen molar-refractivity contribution in [2.75, 3.05) is 14.2 Å². The summed E-state index contributed by atoms with van der Waals surface area (Å²) >= 11 is 0. The second-order valence-corrected chi connectivity index (χ2v) is 3.89. The summed E-state index contributed by atoms with van der Waals surface area (Å²) in [6.45, 7) is 0. The Kier molecular flexibility index (Phi) is 2.47. The van der Waals surface area contributed by atoms with E-state index in [1.807, 2.05) is 0 Å². The van der Waals surface area contributed by atoms with Crippen LogP contribution in [0, 0.1) is 17.1 Å². The van der Waals surface area contributed by atoms with E-state index in [0.29, 0.717) is 0 Å². The molecule has 84 valence electrons. The van der Waals surface area contributed by atoms with Gasteiger partial charge in [0.25, 0.3) is 0 Å². The molecule has 16 heavy (non-hydrogen) atoms. The molecule has 1 aliphatic carbocycles. The number of benzene rings is 1. The van der Waals surface area contributed by atoms with Gasteiger partial charge in [-0.1, -0.05) is 0 Å². The molecular formula is C12H12FNO2. The molecule has 4 heteroatoms. The summed E-state index contributed by atoms with van der Waals surface area (Å²) in [5.74, 6) is -0.283. The third kappa shape index (κ3) is 1.49. The van der Waals surface area contributed by atoms with E-state index in [1.54, 1.807) is 12.1 Å². The van der Waals surface area contributed by atoms with Gasteiger partial charge in [-0.05, 0) is 30.5 Å². The molecule has 1 saturated carbocycles. The van der Waals surface area contributed by atoms with E-state index in [-0.39, 0.29) is 11.5 Å². The quantitative estimate of drug-likeness (QED) is 0.787. The van der Waals surface area contributed by atoms with Crippen LogP contribution in [0.4, 0.5) is 4.39 Å². The maximum atomic E-state index is 13.6. The summed E-state index contributed by atoms with van der Waals surface area (Å²) in [4.78, 5) is 0. The fourth-order valence-corrected chi connectivity index (χ4v) is 1.74. The molecule has 1 aliphatic rings. The standard InChI is InChI=1S/C12H12FNO2/c1-15-9-5-8(12(7-14)3-4-12)6-10(16-2)11(9)13/h5-6H,3-4H2,1-2H3. The van der Waals surface area contributed by atoms with Crippen molar-refractivity contribution in [2.45, 2.75) is 18.3 Å². The maximum Gasteiger partial charge on any atom is 0.206 e. The lowest BCUT2D eigenvalue weighted by molar-refractivity contribution is 0.349. The van der Waals surface area contributed by atoms with Gasteiger partial charge in [0.15, 0.2) is 11.5 Å². The second-order valence-electron chi connectivity index (χ2n) is 3.89. The van der Waals surface area contributed by atoms with Crippen LogP contribution >= 0.6 is 0 Å². The van der Waals surface area contributed by atoms with Crippen LogP contribution in [0.1, 0.15) is 18.4 Å². The molecule has 0 saturated heterocycles. The minimum atomic E-state index is -0.525. The van der Waals surface area contributed by atoms with Crippen LogP contribution in [-0.2, 0) is 5.41 Å². The molecular weight excluding hydrogens is 209 g/mol. The Morgan fingerprint density at radius 1 is 1.25 bits per heavy atom. The Morgan fingerprint density at radius 3 is 2.06 bits per heavy atom. The molecule has 0 spiro atoms. The number of nitrogens with zero attached hydrogens (tertiary/aromatic N) is 1. The fraction of sp³-hybridized carbons (Fsp3) is 0.417. The molecule has 0 N–H and O–H groups in total. The topological polar surface area (TPSA) is 42.2 Å². The van der Waals surface area contributed by atoms with Gasteiger partial charge < -0.3 is 9.47 Å². The van der Waals surface area contributed by atoms with E-state index in [9.17, 15) is 4.39 Å². The molecule has 2 rings (SSSR count). The van der Waals surface area contributed by atoms with Crippen LogP contribution in [0.3, 0.4) is 0 Å². The number of nitriles is 1. The average molecular weight is 221 g/mol. The number of ether oxygens (including phenoxy) is 2. The van der Waals surface area contributed by atoms with Crippen molar-refractivity contribution in [3.8, 4) is 17.6 Å². The first-order chi connectivity index (χ1) is 7.66. The van der Waals surface area contributed by atoms with Gasteiger partial charge in [0.2, 0.25) is 5.82 Å². The van der Waals surface area contributed by atoms with Gasteiger partial charge in [0, 0.05) is 0 Å². The molecule has 0 aromatic heterocycles. The third-order valence-electron chi connectivity index (χ3n) is 2.96. The highest BCUT2D eigenvalue weighted by atomic mass is 19.1. The second kappa shape index (κ2) is 3.67. The molecule has 0 amide bonds. The summed E-state index contributed by atoms with van der Waals surface area (Å²) in [5.41, 5.74) is 0.305. The van der Waals surface area contributed by atoms with Gasteiger partial charge >= 0.3 is 0 Å². The molecule has 1 aromatic carbocycles. The molecule has 0 aliphatic heterocycles. The molecule has 0 unspecified atom stereocenters. The number of methoxy groups -OCH3 is 2. The summed E-state index contributed by atoms with van der Waals surface area (Å²) in [5, 5.41) is 9.08. The first-order valence-corrected chi connectivity index (χ1v) is 5.00. The van der Waals surface area contributed by atoms with Crippen LogP contribution in [0.2, 0.25) is 0 Å². The predicted octanol–water partition coefficient (Wildman–Crippen LogP) is 2.40. The summed E-state index contributed by atoms with van der Waals surface area (Å²) in [7, 11) is 2.79. The minimum absolute atomic E-state index is 0.121. The lowest BCUT2D eigenvalue weighted by atomic mass is 9.97. The number of hydrogen-bond acceptors (Lipinski definition) is 3. The lowest BCUT2D eigenvalue weighted by Crippen LogP contribution is -2.05. The predicted molar refractivity (Wildman–Crippen MR) is 56.0 cm³/mol. The molecule has 1 aromatic rings. The van der Waals surface area contributed by atoms with Crippen molar-refractivity contribution in [3.63, 3.8) is 0 Å². The Balaban J connectivity index is 2.53. The largest absolute Gasteiger partial charge is 0.494 e. The zero-order chi connectivity index (χ0) is 11.8. The van der Waals surface area contributed by atoms with E-state index >= 15 is 0 Å². The summed E-state index contributed by atoms with van der Waals surface area (Å²) in [6, 6.07) is 5.41. The van der Waals surface area contributed by atoms with Crippen molar-refractivity contribution in [2.24, 2.45) is 0 Å². The average Bonchev–Trinajstić information content (AvgIpc) is 3.10. The van der Waals surface area contributed by atoms with Crippen molar-refractivity contribution in [3.05, 3.63) is 23.5 Å². The van der Waals surface area contributed by atoms with Gasteiger partial charge in [-0.25, -0.2) is 0 Å². The van der Waals surface area contributed by atoms with Gasteiger partial charge in [0.05, 0.1) is 25.7 Å². The highest BCUT2D eigenvalue weighted by Crippen LogP contribution is 2.49. The monoisotopic (exact) mass is 221 g/mol. The molecule has 0 atom stereocenters. The number of hydrogen-bond donors (Lipinski definition) is 0. The van der Waals surface area contributed by atoms with Gasteiger partial charge in [-0.15, -0.1) is 0 Å². The number of halogens is 1. The third-order valence-corrected chi connectivity index (χ3v) is 2.96. The van der Waals surface area contributed by atoms with Crippen LogP contribution < -0.4 is 9.47 Å². The Labute approximate surface area is 93.4 Å². The summed E-state index contributed by atoms with van der Waals surface area (Å²) < 4.78 is 23.5. The highest BCUT2D eigenvalue weighted by Gasteiger charge is 2.45. The van der Waals surface area contributed by atoms with Crippen molar-refractivity contribution in [1.82, 2.24) is 0 Å². The van der Waals surface area contributed by atoms with E-state index in [0.717, 1.165) is 18.4 Å². The van der Waals surface area contributed by atoms with Crippen molar-refractivity contribution < 1.29 is 13.9 Å². The van der Waals surface area contributed by atoms with E-state index in [1.165, 1.54) is 14.2 Å². The number of rotatable bonds is 3. The maximum absolute atomic E-state index is 13.6. The van der Waals surface area contributed by atoms with E-state index in [4.69, 9.17) is 14.7 Å². The Morgan fingerprint density at radius 2 is 1.75 bits per heavy atom. The van der Waals surface area contributed by atoms with Crippen LogP contribution in [0.15, 0.2) is 12.1 Å². The summed E-state index contributed by atoms with van der Waals surface area (Å²) in [6.07, 6.45) is 1.61. The zero-order valence-corrected chi connectivity index (χ0v) is 9.21. The van der Waals surface area contributed by atoms with Crippen LogP contribution in [0.25, 0.3) is 0 Å². The van der Waals surface area contributed by atoms with Crippen LogP contribution in [0.5, 0.6) is 11.5 Å². The van der Waals surface area contributed by atoms with Crippen molar-refractivity contribution in [1.29, 1.82) is 5.26 Å². The molecule has 0 radical (unpaired) electrons. The molecule has 0 heterocycles. The van der Waals surface area contributed by atoms with Crippen molar-refractivity contribution >= 4 is 0 Å². The van der Waals surface area contributed by atoms with Gasteiger partial charge in [-0.3, -0.25) is 0 Å². The first kappa shape index (κ1) is 10.7. The molecule has 1 fully saturated rings. The molecule has 0 bridgehead atoms. The molecule has 3 nitrogen and oxygen atoms in total. The van der Waals surface area contributed by atoms with E-state index in [2.05, 4.69) is 6.07 Å². The zero-order valence-electron chi connectivity index (χ0n) is 9.21. The fourth-order valence-electron chi connectivity index (χ4n) is 1.74.